The van der Waals surface area contributed by atoms with Crippen molar-refractivity contribution in [2.75, 3.05) is 6.54 Å². The molecule has 1 heterocycles. The van der Waals surface area contributed by atoms with E-state index in [1.807, 2.05) is 0 Å². The van der Waals surface area contributed by atoms with Crippen molar-refractivity contribution in [2.45, 2.75) is 19.4 Å². The Balaban J connectivity index is 2.11. The normalized spacial score (nSPS) is 13.5. The van der Waals surface area contributed by atoms with E-state index in [-0.39, 0.29) is 12.3 Å². The fraction of sp³-hybridized carbons (Fsp3) is 0.250. The molecular formula is C16H17NO4. The molecule has 1 amide bonds. The van der Waals surface area contributed by atoms with Crippen LogP contribution >= 0.6 is 0 Å². The van der Waals surface area contributed by atoms with Gasteiger partial charge in [-0.15, -0.1) is 0 Å². The van der Waals surface area contributed by atoms with Crippen LogP contribution in [0.3, 0.4) is 0 Å². The number of aliphatic hydroxyl groups is 1. The summed E-state index contributed by atoms with van der Waals surface area (Å²) in [5, 5.41) is 12.9. The van der Waals surface area contributed by atoms with Crippen LogP contribution < -0.4 is 5.32 Å². The van der Waals surface area contributed by atoms with Crippen molar-refractivity contribution in [1.82, 2.24) is 5.32 Å². The van der Waals surface area contributed by atoms with Crippen LogP contribution in [0.2, 0.25) is 0 Å². The monoisotopic (exact) mass is 287 g/mol. The molecule has 0 saturated carbocycles. The zero-order valence-electron chi connectivity index (χ0n) is 11.9. The lowest BCUT2D eigenvalue weighted by atomic mass is 10.0. The summed E-state index contributed by atoms with van der Waals surface area (Å²) in [5.41, 5.74) is -0.669. The van der Waals surface area contributed by atoms with Crippen LogP contribution in [0.25, 0.3) is 0 Å². The molecule has 0 fully saturated rings. The average molecular weight is 287 g/mol. The highest BCUT2D eigenvalue weighted by Crippen LogP contribution is 2.20. The maximum absolute atomic E-state index is 12.2. The lowest BCUT2D eigenvalue weighted by molar-refractivity contribution is 0.0330. The molecule has 110 valence electrons. The van der Waals surface area contributed by atoms with Crippen LogP contribution in [0, 0.1) is 0 Å². The first kappa shape index (κ1) is 15.0. The Morgan fingerprint density at radius 2 is 1.86 bits per heavy atom. The second kappa shape index (κ2) is 5.93. The largest absolute Gasteiger partial charge is 0.466 e. The molecular weight excluding hydrogens is 270 g/mol. The minimum atomic E-state index is -1.32. The van der Waals surface area contributed by atoms with Gasteiger partial charge in [-0.25, -0.2) is 0 Å². The Morgan fingerprint density at radius 1 is 1.19 bits per heavy atom. The molecule has 5 nitrogen and oxygen atoms in total. The lowest BCUT2D eigenvalue weighted by Crippen LogP contribution is -2.38. The minimum absolute atomic E-state index is 0.0222. The SMILES string of the molecule is CC(=O)c1ccccc1C(=O)NCC(C)(O)c1ccco1. The van der Waals surface area contributed by atoms with E-state index in [1.54, 1.807) is 43.3 Å². The molecule has 0 aliphatic rings. The number of carbonyl (C=O) groups excluding carboxylic acids is 2. The van der Waals surface area contributed by atoms with E-state index >= 15 is 0 Å². The molecule has 0 aliphatic heterocycles. The molecule has 1 aromatic carbocycles. The quantitative estimate of drug-likeness (QED) is 0.826. The van der Waals surface area contributed by atoms with Crippen molar-refractivity contribution in [2.24, 2.45) is 0 Å². The fourth-order valence-electron chi connectivity index (χ4n) is 2.01. The van der Waals surface area contributed by atoms with Gasteiger partial charge < -0.3 is 14.8 Å². The van der Waals surface area contributed by atoms with E-state index in [2.05, 4.69) is 5.32 Å². The van der Waals surface area contributed by atoms with Gasteiger partial charge >= 0.3 is 0 Å². The molecule has 5 heteroatoms. The van der Waals surface area contributed by atoms with Crippen LogP contribution in [-0.4, -0.2) is 23.3 Å². The van der Waals surface area contributed by atoms with Crippen LogP contribution in [0.5, 0.6) is 0 Å². The Hall–Kier alpha value is -2.40. The zero-order chi connectivity index (χ0) is 15.5. The van der Waals surface area contributed by atoms with Gasteiger partial charge in [-0.3, -0.25) is 9.59 Å². The molecule has 21 heavy (non-hydrogen) atoms. The summed E-state index contributed by atoms with van der Waals surface area (Å²) in [6.07, 6.45) is 1.46. The van der Waals surface area contributed by atoms with Crippen molar-refractivity contribution >= 4 is 11.7 Å². The molecule has 1 atom stereocenters. The zero-order valence-corrected chi connectivity index (χ0v) is 11.9. The summed E-state index contributed by atoms with van der Waals surface area (Å²) < 4.78 is 5.14. The van der Waals surface area contributed by atoms with E-state index in [9.17, 15) is 14.7 Å². The highest BCUT2D eigenvalue weighted by Gasteiger charge is 2.27. The average Bonchev–Trinajstić information content (AvgIpc) is 3.00. The number of hydrogen-bond acceptors (Lipinski definition) is 4. The van der Waals surface area contributed by atoms with Gasteiger partial charge in [0, 0.05) is 5.56 Å². The predicted octanol–water partition coefficient (Wildman–Crippen LogP) is 2.12. The van der Waals surface area contributed by atoms with E-state index in [0.29, 0.717) is 16.9 Å². The molecule has 0 spiro atoms. The summed E-state index contributed by atoms with van der Waals surface area (Å²) >= 11 is 0. The van der Waals surface area contributed by atoms with Gasteiger partial charge in [0.25, 0.3) is 5.91 Å². The molecule has 1 unspecified atom stereocenters. The molecule has 2 aromatic rings. The molecule has 2 N–H and O–H groups in total. The topological polar surface area (TPSA) is 79.5 Å². The van der Waals surface area contributed by atoms with E-state index in [1.165, 1.54) is 13.2 Å². The Morgan fingerprint density at radius 3 is 2.43 bits per heavy atom. The van der Waals surface area contributed by atoms with Crippen LogP contribution in [0.4, 0.5) is 0 Å². The van der Waals surface area contributed by atoms with Gasteiger partial charge in [0.05, 0.1) is 18.4 Å². The number of carbonyl (C=O) groups is 2. The van der Waals surface area contributed by atoms with E-state index in [0.717, 1.165) is 0 Å². The maximum atomic E-state index is 12.2. The minimum Gasteiger partial charge on any atom is -0.466 e. The Labute approximate surface area is 122 Å². The summed E-state index contributed by atoms with van der Waals surface area (Å²) in [5.74, 6) is -0.228. The first-order valence-corrected chi connectivity index (χ1v) is 6.56. The summed E-state index contributed by atoms with van der Waals surface area (Å²) in [4.78, 5) is 23.7. The lowest BCUT2D eigenvalue weighted by Gasteiger charge is -2.21. The van der Waals surface area contributed by atoms with Crippen molar-refractivity contribution < 1.29 is 19.1 Å². The van der Waals surface area contributed by atoms with Crippen molar-refractivity contribution in [1.29, 1.82) is 0 Å². The van der Waals surface area contributed by atoms with Crippen molar-refractivity contribution in [3.05, 3.63) is 59.5 Å². The highest BCUT2D eigenvalue weighted by molar-refractivity contribution is 6.07. The number of amides is 1. The van der Waals surface area contributed by atoms with Crippen LogP contribution in [0.1, 0.15) is 40.3 Å². The first-order chi connectivity index (χ1) is 9.92. The third-order valence-electron chi connectivity index (χ3n) is 3.20. The number of nitrogens with one attached hydrogen (secondary N) is 1. The Bertz CT molecular complexity index is 644. The number of furan rings is 1. The number of ketones is 1. The molecule has 0 saturated heterocycles. The van der Waals surface area contributed by atoms with Crippen molar-refractivity contribution in [3.8, 4) is 0 Å². The highest BCUT2D eigenvalue weighted by atomic mass is 16.4. The third kappa shape index (κ3) is 3.38. The van der Waals surface area contributed by atoms with Crippen LogP contribution in [-0.2, 0) is 5.60 Å². The predicted molar refractivity (Wildman–Crippen MR) is 77.1 cm³/mol. The molecule has 0 aliphatic carbocycles. The van der Waals surface area contributed by atoms with Gasteiger partial charge in [-0.1, -0.05) is 18.2 Å². The van der Waals surface area contributed by atoms with Gasteiger partial charge in [-0.2, -0.15) is 0 Å². The summed E-state index contributed by atoms with van der Waals surface area (Å²) in [7, 11) is 0. The fourth-order valence-corrected chi connectivity index (χ4v) is 2.01. The van der Waals surface area contributed by atoms with E-state index < -0.39 is 11.5 Å². The molecule has 0 radical (unpaired) electrons. The van der Waals surface area contributed by atoms with Crippen LogP contribution in [0.15, 0.2) is 47.1 Å². The van der Waals surface area contributed by atoms with Gasteiger partial charge in [0.15, 0.2) is 5.78 Å². The van der Waals surface area contributed by atoms with Gasteiger partial charge in [-0.05, 0) is 32.0 Å². The molecule has 1 aromatic heterocycles. The second-order valence-electron chi connectivity index (χ2n) is 5.04. The standard InChI is InChI=1S/C16H17NO4/c1-11(18)12-6-3-4-7-13(12)15(19)17-10-16(2,20)14-8-5-9-21-14/h3-9,20H,10H2,1-2H3,(H,17,19). The summed E-state index contributed by atoms with van der Waals surface area (Å²) in [6, 6.07) is 9.86. The maximum Gasteiger partial charge on any atom is 0.252 e. The number of rotatable bonds is 5. The van der Waals surface area contributed by atoms with Crippen molar-refractivity contribution in [3.63, 3.8) is 0 Å². The number of Topliss-reactive ketones (excluding diaryl/α,β-unsaturated/α-hetero) is 1. The number of hydrogen-bond donors (Lipinski definition) is 2. The van der Waals surface area contributed by atoms with Gasteiger partial charge in [0.1, 0.15) is 11.4 Å². The third-order valence-corrected chi connectivity index (χ3v) is 3.20. The van der Waals surface area contributed by atoms with Gasteiger partial charge in [0.2, 0.25) is 0 Å². The van der Waals surface area contributed by atoms with E-state index in [4.69, 9.17) is 4.42 Å². The number of benzene rings is 1. The smallest absolute Gasteiger partial charge is 0.252 e. The Kier molecular flexibility index (Phi) is 4.23. The molecule has 2 rings (SSSR count). The first-order valence-electron chi connectivity index (χ1n) is 6.56. The summed E-state index contributed by atoms with van der Waals surface area (Å²) in [6.45, 7) is 2.93. The second-order valence-corrected chi connectivity index (χ2v) is 5.04. The molecule has 0 bridgehead atoms.